The maximum atomic E-state index is 12.3. The fraction of sp³-hybridized carbons (Fsp3) is 0.647. The lowest BCUT2D eigenvalue weighted by molar-refractivity contribution is -0.121. The Morgan fingerprint density at radius 3 is 2.54 bits per heavy atom. The van der Waals surface area contributed by atoms with Crippen molar-refractivity contribution < 1.29 is 22.7 Å². The zero-order chi connectivity index (χ0) is 19.3. The Labute approximate surface area is 154 Å². The normalized spacial score (nSPS) is 20.6. The van der Waals surface area contributed by atoms with Crippen molar-refractivity contribution in [1.82, 2.24) is 14.6 Å². The van der Waals surface area contributed by atoms with E-state index in [1.54, 1.807) is 7.05 Å². The second kappa shape index (κ2) is 8.68. The molecule has 1 aliphatic carbocycles. The van der Waals surface area contributed by atoms with E-state index < -0.39 is 16.0 Å². The van der Waals surface area contributed by atoms with Gasteiger partial charge in [-0.05, 0) is 37.7 Å². The molecule has 0 aliphatic heterocycles. The smallest absolute Gasteiger partial charge is 0.354 e. The molecule has 9 heteroatoms. The molecule has 8 nitrogen and oxygen atoms in total. The molecule has 26 heavy (non-hydrogen) atoms. The van der Waals surface area contributed by atoms with Crippen LogP contribution in [0.3, 0.4) is 0 Å². The number of nitrogens with zero attached hydrogens (tertiary/aromatic N) is 1. The van der Waals surface area contributed by atoms with Crippen LogP contribution in [-0.4, -0.2) is 44.6 Å². The molecule has 0 atom stereocenters. The Morgan fingerprint density at radius 1 is 1.27 bits per heavy atom. The fourth-order valence-electron chi connectivity index (χ4n) is 3.08. The minimum Gasteiger partial charge on any atom is -0.464 e. The van der Waals surface area contributed by atoms with Gasteiger partial charge in [0.1, 0.15) is 10.6 Å². The van der Waals surface area contributed by atoms with E-state index in [1.807, 2.05) is 0 Å². The van der Waals surface area contributed by atoms with Crippen LogP contribution in [0.4, 0.5) is 0 Å². The highest BCUT2D eigenvalue weighted by atomic mass is 32.2. The van der Waals surface area contributed by atoms with Gasteiger partial charge in [0.2, 0.25) is 15.9 Å². The summed E-state index contributed by atoms with van der Waals surface area (Å²) in [6.07, 6.45) is 5.56. The molecular weight excluding hydrogens is 358 g/mol. The van der Waals surface area contributed by atoms with Gasteiger partial charge >= 0.3 is 5.97 Å². The summed E-state index contributed by atoms with van der Waals surface area (Å²) in [5.41, 5.74) is 0.136. The van der Waals surface area contributed by atoms with Gasteiger partial charge in [0, 0.05) is 32.3 Å². The highest BCUT2D eigenvalue weighted by Crippen LogP contribution is 2.23. The predicted molar refractivity (Wildman–Crippen MR) is 96.1 cm³/mol. The van der Waals surface area contributed by atoms with Crippen molar-refractivity contribution in [2.75, 3.05) is 13.7 Å². The number of ether oxygens (including phenoxy) is 1. The summed E-state index contributed by atoms with van der Waals surface area (Å²) in [5, 5.41) is 2.96. The number of aromatic nitrogens is 1. The SMILES string of the molecule is COC(=O)c1cc(S(=O)(=O)NCCC(=O)NC2CCC(C)CC2)cn1C. The average Bonchev–Trinajstić information content (AvgIpc) is 2.99. The van der Waals surface area contributed by atoms with Crippen molar-refractivity contribution >= 4 is 21.9 Å². The number of methoxy groups -OCH3 is 1. The number of rotatable bonds is 7. The van der Waals surface area contributed by atoms with Gasteiger partial charge in [-0.2, -0.15) is 0 Å². The van der Waals surface area contributed by atoms with Crippen molar-refractivity contribution in [1.29, 1.82) is 0 Å². The number of hydrogen-bond donors (Lipinski definition) is 2. The van der Waals surface area contributed by atoms with Crippen LogP contribution in [-0.2, 0) is 26.6 Å². The summed E-state index contributed by atoms with van der Waals surface area (Å²) < 4.78 is 33.0. The number of amides is 1. The maximum absolute atomic E-state index is 12.3. The van der Waals surface area contributed by atoms with Gasteiger partial charge in [-0.25, -0.2) is 17.9 Å². The summed E-state index contributed by atoms with van der Waals surface area (Å²) >= 11 is 0. The van der Waals surface area contributed by atoms with Crippen LogP contribution in [0.1, 0.15) is 49.5 Å². The lowest BCUT2D eigenvalue weighted by Crippen LogP contribution is -2.39. The van der Waals surface area contributed by atoms with Gasteiger partial charge in [0.15, 0.2) is 0 Å². The number of nitrogens with one attached hydrogen (secondary N) is 2. The lowest BCUT2D eigenvalue weighted by Gasteiger charge is -2.26. The Bertz CT molecular complexity index is 748. The standard InChI is InChI=1S/C17H27N3O5S/c1-12-4-6-13(7-5-12)19-16(21)8-9-18-26(23,24)14-10-15(17(22)25-3)20(2)11-14/h10-13,18H,4-9H2,1-3H3,(H,19,21). The van der Waals surface area contributed by atoms with E-state index in [0.717, 1.165) is 25.7 Å². The number of esters is 1. The van der Waals surface area contributed by atoms with Crippen LogP contribution in [0.15, 0.2) is 17.2 Å². The highest BCUT2D eigenvalue weighted by molar-refractivity contribution is 7.89. The molecule has 0 unspecified atom stereocenters. The molecule has 2 rings (SSSR count). The summed E-state index contributed by atoms with van der Waals surface area (Å²) in [5.74, 6) is -0.0681. The molecule has 1 aliphatic rings. The molecular formula is C17H27N3O5S. The van der Waals surface area contributed by atoms with Crippen LogP contribution in [0.5, 0.6) is 0 Å². The maximum Gasteiger partial charge on any atom is 0.354 e. The molecule has 0 bridgehead atoms. The van der Waals surface area contributed by atoms with Crippen LogP contribution in [0.25, 0.3) is 0 Å². The summed E-state index contributed by atoms with van der Waals surface area (Å²) in [4.78, 5) is 23.5. The van der Waals surface area contributed by atoms with E-state index >= 15 is 0 Å². The number of carbonyl (C=O) groups is 2. The van der Waals surface area contributed by atoms with E-state index in [1.165, 1.54) is 23.9 Å². The van der Waals surface area contributed by atoms with Gasteiger partial charge in [-0.3, -0.25) is 4.79 Å². The Kier molecular flexibility index (Phi) is 6.82. The summed E-state index contributed by atoms with van der Waals surface area (Å²) in [6.45, 7) is 2.21. The Morgan fingerprint density at radius 2 is 1.92 bits per heavy atom. The quantitative estimate of drug-likeness (QED) is 0.686. The number of carbonyl (C=O) groups excluding carboxylic acids is 2. The topological polar surface area (TPSA) is 106 Å². The van der Waals surface area contributed by atoms with Gasteiger partial charge in [-0.15, -0.1) is 0 Å². The van der Waals surface area contributed by atoms with E-state index in [4.69, 9.17) is 0 Å². The largest absolute Gasteiger partial charge is 0.464 e. The third kappa shape index (κ3) is 5.31. The van der Waals surface area contributed by atoms with Crippen molar-refractivity contribution in [3.8, 4) is 0 Å². The molecule has 1 aromatic heterocycles. The molecule has 1 aromatic rings. The van der Waals surface area contributed by atoms with Gasteiger partial charge in [0.25, 0.3) is 0 Å². The van der Waals surface area contributed by atoms with E-state index in [-0.39, 0.29) is 35.5 Å². The summed E-state index contributed by atoms with van der Waals surface area (Å²) in [7, 11) is -1.01. The molecule has 1 amide bonds. The molecule has 0 saturated heterocycles. The van der Waals surface area contributed by atoms with Crippen molar-refractivity contribution in [3.63, 3.8) is 0 Å². The van der Waals surface area contributed by atoms with E-state index in [0.29, 0.717) is 5.92 Å². The molecule has 1 fully saturated rings. The van der Waals surface area contributed by atoms with Gasteiger partial charge < -0.3 is 14.6 Å². The molecule has 2 N–H and O–H groups in total. The lowest BCUT2D eigenvalue weighted by atomic mass is 9.87. The van der Waals surface area contributed by atoms with E-state index in [9.17, 15) is 18.0 Å². The molecule has 0 aromatic carbocycles. The van der Waals surface area contributed by atoms with Crippen molar-refractivity contribution in [2.45, 2.75) is 50.0 Å². The van der Waals surface area contributed by atoms with E-state index in [2.05, 4.69) is 21.7 Å². The second-order valence-electron chi connectivity index (χ2n) is 6.84. The number of hydrogen-bond acceptors (Lipinski definition) is 5. The number of aryl methyl sites for hydroxylation is 1. The fourth-order valence-corrected chi connectivity index (χ4v) is 4.18. The predicted octanol–water partition coefficient (Wildman–Crippen LogP) is 1.18. The molecule has 146 valence electrons. The number of sulfonamides is 1. The first kappa shape index (κ1) is 20.4. The van der Waals surface area contributed by atoms with Crippen LogP contribution >= 0.6 is 0 Å². The minimum atomic E-state index is -3.80. The molecule has 0 radical (unpaired) electrons. The Balaban J connectivity index is 1.84. The molecule has 1 saturated carbocycles. The first-order valence-electron chi connectivity index (χ1n) is 8.76. The molecule has 1 heterocycles. The summed E-state index contributed by atoms with van der Waals surface area (Å²) in [6, 6.07) is 1.43. The molecule has 0 spiro atoms. The van der Waals surface area contributed by atoms with Crippen LogP contribution in [0.2, 0.25) is 0 Å². The second-order valence-corrected chi connectivity index (χ2v) is 8.60. The zero-order valence-corrected chi connectivity index (χ0v) is 16.3. The van der Waals surface area contributed by atoms with Crippen LogP contribution < -0.4 is 10.0 Å². The average molecular weight is 385 g/mol. The van der Waals surface area contributed by atoms with Gasteiger partial charge in [0.05, 0.1) is 7.11 Å². The third-order valence-corrected chi connectivity index (χ3v) is 6.14. The third-order valence-electron chi connectivity index (χ3n) is 4.71. The monoisotopic (exact) mass is 385 g/mol. The van der Waals surface area contributed by atoms with Crippen LogP contribution in [0, 0.1) is 5.92 Å². The first-order chi connectivity index (χ1) is 12.2. The van der Waals surface area contributed by atoms with Gasteiger partial charge in [-0.1, -0.05) is 6.92 Å². The van der Waals surface area contributed by atoms with Crippen molar-refractivity contribution in [2.24, 2.45) is 13.0 Å². The minimum absolute atomic E-state index is 0.000257. The zero-order valence-electron chi connectivity index (χ0n) is 15.4. The highest BCUT2D eigenvalue weighted by Gasteiger charge is 2.22. The van der Waals surface area contributed by atoms with Crippen molar-refractivity contribution in [3.05, 3.63) is 18.0 Å². The Hall–Kier alpha value is -1.87. The first-order valence-corrected chi connectivity index (χ1v) is 10.2.